The van der Waals surface area contributed by atoms with Crippen LogP contribution in [0, 0.1) is 0 Å². The fraction of sp³-hybridized carbons (Fsp3) is 0.963. The first-order chi connectivity index (χ1) is 14.5. The van der Waals surface area contributed by atoms with Crippen LogP contribution in [0.2, 0.25) is 16.6 Å². The molecule has 30 heavy (non-hydrogen) atoms. The Kier molecular flexibility index (Phi) is 22.3. The van der Waals surface area contributed by atoms with Crippen LogP contribution >= 0.6 is 0 Å². The van der Waals surface area contributed by atoms with Crippen LogP contribution in [0.4, 0.5) is 0 Å². The molecule has 0 spiro atoms. The number of unbranched alkanes of at least 4 members (excludes halogenated alkanes) is 18. The number of rotatable bonds is 23. The summed E-state index contributed by atoms with van der Waals surface area (Å²) in [4.78, 5) is 12.1. The zero-order valence-corrected chi connectivity index (χ0v) is 23.6. The second kappa shape index (κ2) is 22.2. The third-order valence-corrected chi connectivity index (χ3v) is 12.0. The van der Waals surface area contributed by atoms with E-state index in [-0.39, 0.29) is 0 Å². The minimum absolute atomic E-state index is 0.320. The molecule has 1 amide bonds. The van der Waals surface area contributed by atoms with Crippen LogP contribution in [0.3, 0.4) is 0 Å². The third-order valence-electron chi connectivity index (χ3n) is 6.36. The molecular weight excluding hydrogens is 429 g/mol. The van der Waals surface area contributed by atoms with Crippen molar-refractivity contribution in [1.82, 2.24) is 4.23 Å². The van der Waals surface area contributed by atoms with E-state index in [1.807, 2.05) is 0 Å². The summed E-state index contributed by atoms with van der Waals surface area (Å²) in [6.07, 6.45) is 28.5. The van der Waals surface area contributed by atoms with Crippen LogP contribution in [-0.2, 0) is 4.79 Å². The van der Waals surface area contributed by atoms with Gasteiger partial charge < -0.3 is 0 Å². The molecule has 0 radical (unpaired) electrons. The number of carbonyl (C=O) groups is 1. The van der Waals surface area contributed by atoms with Crippen LogP contribution in [0.1, 0.15) is 149 Å². The molecule has 1 N–H and O–H groups in total. The minimum atomic E-state index is -1.98. The molecule has 0 rings (SSSR count). The maximum absolute atomic E-state index is 12.1. The van der Waals surface area contributed by atoms with E-state index in [0.29, 0.717) is 5.91 Å². The molecule has 0 fully saturated rings. The van der Waals surface area contributed by atoms with Gasteiger partial charge in [0.25, 0.3) is 0 Å². The van der Waals surface area contributed by atoms with Gasteiger partial charge in [-0.05, 0) is 0 Å². The Morgan fingerprint density at radius 1 is 0.533 bits per heavy atom. The standard InChI is InChI=1S/C27H58AsNO/c1-5-7-8-9-10-11-12-13-14-15-16-17-18-19-20-21-22-23-24-25-27(30)29-28(3,4)26-6-2/h28H,5-26H2,1-4H3,(H,29,30). The molecule has 3 heteroatoms. The van der Waals surface area contributed by atoms with Crippen molar-refractivity contribution in [2.45, 2.75) is 165 Å². The van der Waals surface area contributed by atoms with Crippen molar-refractivity contribution >= 4 is 19.7 Å². The maximum atomic E-state index is 12.1. The molecule has 0 saturated heterocycles. The summed E-state index contributed by atoms with van der Waals surface area (Å²) in [5.41, 5.74) is 4.63. The van der Waals surface area contributed by atoms with Gasteiger partial charge in [-0.3, -0.25) is 0 Å². The van der Waals surface area contributed by atoms with Crippen LogP contribution in [0.25, 0.3) is 0 Å². The van der Waals surface area contributed by atoms with Gasteiger partial charge in [0, 0.05) is 0 Å². The molecule has 2 nitrogen and oxygen atoms in total. The van der Waals surface area contributed by atoms with Crippen LogP contribution in [0.15, 0.2) is 0 Å². The van der Waals surface area contributed by atoms with E-state index in [0.717, 1.165) is 12.8 Å². The molecule has 0 aliphatic heterocycles. The molecule has 0 bridgehead atoms. The number of hydrogen-bond acceptors (Lipinski definition) is 1. The van der Waals surface area contributed by atoms with Gasteiger partial charge in [-0.25, -0.2) is 0 Å². The second-order valence-corrected chi connectivity index (χ2v) is 19.8. The molecule has 0 aliphatic carbocycles. The average Bonchev–Trinajstić information content (AvgIpc) is 2.69. The average molecular weight is 488 g/mol. The van der Waals surface area contributed by atoms with E-state index in [4.69, 9.17) is 0 Å². The summed E-state index contributed by atoms with van der Waals surface area (Å²) in [5.74, 6) is 0.320. The van der Waals surface area contributed by atoms with E-state index in [1.54, 1.807) is 0 Å². The number of nitrogens with one attached hydrogen (secondary N) is 1. The SMILES string of the molecule is CCCCCCCCCCCCCCCCCCCCCC(=O)N[AsH](C)(C)CCC. The molecule has 0 atom stereocenters. The topological polar surface area (TPSA) is 29.1 Å². The summed E-state index contributed by atoms with van der Waals surface area (Å²) >= 11 is -1.98. The van der Waals surface area contributed by atoms with E-state index in [2.05, 4.69) is 29.5 Å². The van der Waals surface area contributed by atoms with E-state index >= 15 is 0 Å². The van der Waals surface area contributed by atoms with Gasteiger partial charge in [0.2, 0.25) is 0 Å². The zero-order chi connectivity index (χ0) is 22.3. The van der Waals surface area contributed by atoms with Crippen LogP contribution in [0.5, 0.6) is 0 Å². The Labute approximate surface area is 193 Å². The van der Waals surface area contributed by atoms with E-state index in [1.165, 1.54) is 127 Å². The van der Waals surface area contributed by atoms with Crippen molar-refractivity contribution in [3.8, 4) is 0 Å². The van der Waals surface area contributed by atoms with Crippen molar-refractivity contribution in [3.63, 3.8) is 0 Å². The molecule has 0 heterocycles. The number of amides is 1. The molecule has 0 aromatic heterocycles. The first-order valence-electron chi connectivity index (χ1n) is 13.8. The van der Waals surface area contributed by atoms with Crippen molar-refractivity contribution in [3.05, 3.63) is 0 Å². The van der Waals surface area contributed by atoms with Gasteiger partial charge in [0.15, 0.2) is 0 Å². The Bertz CT molecular complexity index is 370. The summed E-state index contributed by atoms with van der Waals surface area (Å²) in [5, 5.41) is 1.24. The van der Waals surface area contributed by atoms with Gasteiger partial charge in [-0.15, -0.1) is 0 Å². The summed E-state index contributed by atoms with van der Waals surface area (Å²) in [6.45, 7) is 4.51. The molecule has 182 valence electrons. The van der Waals surface area contributed by atoms with Gasteiger partial charge in [-0.2, -0.15) is 0 Å². The Hall–Kier alpha value is 0.0284. The molecule has 0 unspecified atom stereocenters. The van der Waals surface area contributed by atoms with Gasteiger partial charge in [0.1, 0.15) is 0 Å². The van der Waals surface area contributed by atoms with Gasteiger partial charge in [0.05, 0.1) is 0 Å². The van der Waals surface area contributed by atoms with Gasteiger partial charge >= 0.3 is 123 Å². The molecule has 0 saturated carbocycles. The summed E-state index contributed by atoms with van der Waals surface area (Å²) < 4.78 is 3.36. The number of carbonyl (C=O) groups excluding carboxylic acids is 1. The Morgan fingerprint density at radius 3 is 1.20 bits per heavy atom. The third kappa shape index (κ3) is 22.7. The van der Waals surface area contributed by atoms with Crippen molar-refractivity contribution in [1.29, 1.82) is 0 Å². The summed E-state index contributed by atoms with van der Waals surface area (Å²) in [6, 6.07) is 0. The first kappa shape index (κ1) is 30.0. The normalized spacial score (nSPS) is 12.3. The molecule has 0 aromatic rings. The summed E-state index contributed by atoms with van der Waals surface area (Å²) in [7, 11) is 0. The predicted molar refractivity (Wildman–Crippen MR) is 140 cm³/mol. The quantitative estimate of drug-likeness (QED) is 0.113. The molecular formula is C27H58AsNO. The zero-order valence-electron chi connectivity index (χ0n) is 21.5. The first-order valence-corrected chi connectivity index (χ1v) is 20.6. The van der Waals surface area contributed by atoms with E-state index < -0.39 is 13.8 Å². The fourth-order valence-electron chi connectivity index (χ4n) is 4.49. The van der Waals surface area contributed by atoms with Crippen molar-refractivity contribution in [2.75, 3.05) is 0 Å². The monoisotopic (exact) mass is 487 g/mol. The molecule has 0 aliphatic rings. The van der Waals surface area contributed by atoms with Crippen LogP contribution in [-0.4, -0.2) is 19.7 Å². The number of hydrogen-bond donors (Lipinski definition) is 1. The van der Waals surface area contributed by atoms with Crippen LogP contribution < -0.4 is 4.23 Å². The van der Waals surface area contributed by atoms with Crippen molar-refractivity contribution in [2.24, 2.45) is 0 Å². The Morgan fingerprint density at radius 2 is 0.867 bits per heavy atom. The predicted octanol–water partition coefficient (Wildman–Crippen LogP) is 9.27. The van der Waals surface area contributed by atoms with Crippen molar-refractivity contribution < 1.29 is 4.79 Å². The fourth-order valence-corrected chi connectivity index (χ4v) is 9.22. The van der Waals surface area contributed by atoms with E-state index in [9.17, 15) is 4.79 Å². The molecule has 0 aromatic carbocycles. The second-order valence-electron chi connectivity index (χ2n) is 10.3. The Balaban J connectivity index is 3.20. The van der Waals surface area contributed by atoms with Gasteiger partial charge in [-0.1, -0.05) is 71.1 Å².